The summed E-state index contributed by atoms with van der Waals surface area (Å²) in [6, 6.07) is 19.1. The van der Waals surface area contributed by atoms with Gasteiger partial charge in [-0.25, -0.2) is 9.97 Å². The average Bonchev–Trinajstić information content (AvgIpc) is 3.17. The van der Waals surface area contributed by atoms with Gasteiger partial charge >= 0.3 is 0 Å². The molecule has 2 unspecified atom stereocenters. The van der Waals surface area contributed by atoms with E-state index in [0.717, 1.165) is 16.9 Å². The highest BCUT2D eigenvalue weighted by atomic mass is 16.2. The minimum absolute atomic E-state index is 0.0104. The number of hydrogen-bond donors (Lipinski definition) is 2. The highest BCUT2D eigenvalue weighted by Gasteiger charge is 2.37. The van der Waals surface area contributed by atoms with Crippen molar-refractivity contribution in [2.45, 2.75) is 26.3 Å². The van der Waals surface area contributed by atoms with E-state index >= 15 is 0 Å². The lowest BCUT2D eigenvalue weighted by molar-refractivity contribution is -0.129. The lowest BCUT2D eigenvalue weighted by atomic mass is 10.1. The molecule has 0 aliphatic carbocycles. The summed E-state index contributed by atoms with van der Waals surface area (Å²) in [5, 5.41) is 6.14. The van der Waals surface area contributed by atoms with Crippen LogP contribution in [0.25, 0.3) is 0 Å². The molecule has 158 valence electrons. The van der Waals surface area contributed by atoms with E-state index in [1.807, 2.05) is 74.5 Å². The molecule has 1 aromatic heterocycles. The minimum atomic E-state index is -0.361. The SMILES string of the molecule is Cc1cc(Nc2ccc(NC(=O)C3CC(=O)N(C(C)c4ccccc4)C3)cc2)ncn1. The Morgan fingerprint density at radius 1 is 1.06 bits per heavy atom. The first-order valence-corrected chi connectivity index (χ1v) is 10.3. The maximum absolute atomic E-state index is 12.8. The van der Waals surface area contributed by atoms with Gasteiger partial charge in [0.1, 0.15) is 12.1 Å². The fourth-order valence-electron chi connectivity index (χ4n) is 3.75. The summed E-state index contributed by atoms with van der Waals surface area (Å²) in [7, 11) is 0. The van der Waals surface area contributed by atoms with Gasteiger partial charge in [-0.2, -0.15) is 0 Å². The number of benzene rings is 2. The summed E-state index contributed by atoms with van der Waals surface area (Å²) in [6.45, 7) is 4.33. The summed E-state index contributed by atoms with van der Waals surface area (Å²) in [5.41, 5.74) is 3.49. The Morgan fingerprint density at radius 2 is 1.77 bits per heavy atom. The number of aryl methyl sites for hydroxylation is 1. The third-order valence-electron chi connectivity index (χ3n) is 5.51. The predicted octanol–water partition coefficient (Wildman–Crippen LogP) is 4.08. The van der Waals surface area contributed by atoms with E-state index in [9.17, 15) is 9.59 Å². The zero-order chi connectivity index (χ0) is 21.8. The first kappa shape index (κ1) is 20.5. The summed E-state index contributed by atoms with van der Waals surface area (Å²) >= 11 is 0. The lowest BCUT2D eigenvalue weighted by Crippen LogP contribution is -2.30. The highest BCUT2D eigenvalue weighted by molar-refractivity contribution is 5.97. The Morgan fingerprint density at radius 3 is 2.48 bits per heavy atom. The number of aromatic nitrogens is 2. The molecule has 0 spiro atoms. The van der Waals surface area contributed by atoms with Crippen molar-refractivity contribution in [2.75, 3.05) is 17.2 Å². The topological polar surface area (TPSA) is 87.2 Å². The van der Waals surface area contributed by atoms with Crippen LogP contribution in [-0.4, -0.2) is 33.2 Å². The van der Waals surface area contributed by atoms with Crippen LogP contribution in [0.4, 0.5) is 17.2 Å². The molecule has 2 N–H and O–H groups in total. The van der Waals surface area contributed by atoms with E-state index in [4.69, 9.17) is 0 Å². The highest BCUT2D eigenvalue weighted by Crippen LogP contribution is 2.29. The molecule has 2 atom stereocenters. The minimum Gasteiger partial charge on any atom is -0.340 e. The second-order valence-electron chi connectivity index (χ2n) is 7.77. The van der Waals surface area contributed by atoms with Crippen LogP contribution in [0.1, 0.15) is 30.6 Å². The van der Waals surface area contributed by atoms with E-state index in [0.29, 0.717) is 18.1 Å². The van der Waals surface area contributed by atoms with Crippen LogP contribution in [0, 0.1) is 12.8 Å². The van der Waals surface area contributed by atoms with Crippen LogP contribution < -0.4 is 10.6 Å². The molecule has 1 fully saturated rings. The van der Waals surface area contributed by atoms with Gasteiger partial charge in [-0.1, -0.05) is 30.3 Å². The molecule has 2 aromatic carbocycles. The number of amides is 2. The molecule has 2 heterocycles. The second-order valence-corrected chi connectivity index (χ2v) is 7.77. The number of rotatable bonds is 6. The fraction of sp³-hybridized carbons (Fsp3) is 0.250. The number of carbonyl (C=O) groups excluding carboxylic acids is 2. The van der Waals surface area contributed by atoms with Gasteiger partial charge < -0.3 is 15.5 Å². The van der Waals surface area contributed by atoms with E-state index in [1.165, 1.54) is 6.33 Å². The summed E-state index contributed by atoms with van der Waals surface area (Å²) in [5.74, 6) is 0.223. The first-order valence-electron chi connectivity index (χ1n) is 10.3. The fourth-order valence-corrected chi connectivity index (χ4v) is 3.75. The molecule has 1 aliphatic rings. The zero-order valence-electron chi connectivity index (χ0n) is 17.6. The van der Waals surface area contributed by atoms with Gasteiger partial charge in [-0.3, -0.25) is 9.59 Å². The molecule has 1 aliphatic heterocycles. The van der Waals surface area contributed by atoms with Gasteiger partial charge in [-0.15, -0.1) is 0 Å². The van der Waals surface area contributed by atoms with Crippen LogP contribution in [0.2, 0.25) is 0 Å². The van der Waals surface area contributed by atoms with Gasteiger partial charge in [0.2, 0.25) is 11.8 Å². The third-order valence-corrected chi connectivity index (χ3v) is 5.51. The normalized spacial score (nSPS) is 16.8. The molecule has 1 saturated heterocycles. The number of hydrogen-bond acceptors (Lipinski definition) is 5. The van der Waals surface area contributed by atoms with Crippen molar-refractivity contribution in [1.82, 2.24) is 14.9 Å². The molecule has 2 amide bonds. The summed E-state index contributed by atoms with van der Waals surface area (Å²) < 4.78 is 0. The van der Waals surface area contributed by atoms with Crippen LogP contribution in [0.3, 0.4) is 0 Å². The van der Waals surface area contributed by atoms with E-state index in [2.05, 4.69) is 20.6 Å². The van der Waals surface area contributed by atoms with E-state index in [1.54, 1.807) is 4.90 Å². The van der Waals surface area contributed by atoms with E-state index < -0.39 is 0 Å². The molecule has 7 nitrogen and oxygen atoms in total. The van der Waals surface area contributed by atoms with Crippen LogP contribution in [0.5, 0.6) is 0 Å². The monoisotopic (exact) mass is 415 g/mol. The zero-order valence-corrected chi connectivity index (χ0v) is 17.6. The molecule has 4 rings (SSSR count). The van der Waals surface area contributed by atoms with Crippen molar-refractivity contribution >= 4 is 29.0 Å². The standard InChI is InChI=1S/C24H25N5O2/c1-16-12-22(26-15-25-16)27-20-8-10-21(11-9-20)28-24(31)19-13-23(30)29(14-19)17(2)18-6-4-3-5-7-18/h3-12,15,17,19H,13-14H2,1-2H3,(H,28,31)(H,25,26,27). The molecule has 7 heteroatoms. The number of anilines is 3. The third kappa shape index (κ3) is 4.88. The smallest absolute Gasteiger partial charge is 0.229 e. The van der Waals surface area contributed by atoms with Crippen molar-refractivity contribution in [3.63, 3.8) is 0 Å². The Bertz CT molecular complexity index is 1070. The predicted molar refractivity (Wildman–Crippen MR) is 120 cm³/mol. The summed E-state index contributed by atoms with van der Waals surface area (Å²) in [4.78, 5) is 35.3. The molecule has 0 radical (unpaired) electrons. The maximum atomic E-state index is 12.8. The maximum Gasteiger partial charge on any atom is 0.229 e. The first-order chi connectivity index (χ1) is 15.0. The molecule has 3 aromatic rings. The summed E-state index contributed by atoms with van der Waals surface area (Å²) in [6.07, 6.45) is 1.74. The number of likely N-dealkylation sites (tertiary alicyclic amines) is 1. The lowest BCUT2D eigenvalue weighted by Gasteiger charge is -2.25. The van der Waals surface area contributed by atoms with Gasteiger partial charge in [0, 0.05) is 36.1 Å². The number of nitrogens with one attached hydrogen (secondary N) is 2. The van der Waals surface area contributed by atoms with Crippen molar-refractivity contribution in [1.29, 1.82) is 0 Å². The van der Waals surface area contributed by atoms with Crippen LogP contribution in [-0.2, 0) is 9.59 Å². The number of nitrogens with zero attached hydrogens (tertiary/aromatic N) is 3. The Hall–Kier alpha value is -3.74. The van der Waals surface area contributed by atoms with Crippen molar-refractivity contribution in [3.8, 4) is 0 Å². The molecule has 0 saturated carbocycles. The van der Waals surface area contributed by atoms with Crippen LogP contribution in [0.15, 0.2) is 67.0 Å². The molecular formula is C24H25N5O2. The second kappa shape index (κ2) is 8.95. The van der Waals surface area contributed by atoms with Crippen LogP contribution >= 0.6 is 0 Å². The molecular weight excluding hydrogens is 390 g/mol. The number of carbonyl (C=O) groups is 2. The van der Waals surface area contributed by atoms with Crippen molar-refractivity contribution in [3.05, 3.63) is 78.2 Å². The van der Waals surface area contributed by atoms with Gasteiger partial charge in [0.05, 0.1) is 12.0 Å². The van der Waals surface area contributed by atoms with E-state index in [-0.39, 0.29) is 30.2 Å². The Balaban J connectivity index is 1.35. The average molecular weight is 415 g/mol. The molecule has 31 heavy (non-hydrogen) atoms. The van der Waals surface area contributed by atoms with Crippen molar-refractivity contribution in [2.24, 2.45) is 5.92 Å². The van der Waals surface area contributed by atoms with Gasteiger partial charge in [0.25, 0.3) is 0 Å². The Labute approximate surface area is 181 Å². The quantitative estimate of drug-likeness (QED) is 0.634. The Kier molecular flexibility index (Phi) is 5.93. The van der Waals surface area contributed by atoms with Gasteiger partial charge in [-0.05, 0) is 43.7 Å². The van der Waals surface area contributed by atoms with Crippen molar-refractivity contribution < 1.29 is 9.59 Å². The molecule has 0 bridgehead atoms. The largest absolute Gasteiger partial charge is 0.340 e. The van der Waals surface area contributed by atoms with Gasteiger partial charge in [0.15, 0.2) is 0 Å².